The first-order valence-electron chi connectivity index (χ1n) is 19.9. The molecule has 0 saturated heterocycles. The van der Waals surface area contributed by atoms with Gasteiger partial charge in [0, 0.05) is 12.1 Å². The van der Waals surface area contributed by atoms with Gasteiger partial charge in [-0.2, -0.15) is 0 Å². The summed E-state index contributed by atoms with van der Waals surface area (Å²) in [6.45, 7) is 11.2. The van der Waals surface area contributed by atoms with Crippen molar-refractivity contribution in [2.75, 3.05) is 18.5 Å². The van der Waals surface area contributed by atoms with Gasteiger partial charge in [-0.3, -0.25) is 0 Å². The van der Waals surface area contributed by atoms with Gasteiger partial charge in [0.05, 0.1) is 11.1 Å². The molecule has 4 nitrogen and oxygen atoms in total. The summed E-state index contributed by atoms with van der Waals surface area (Å²) in [5.41, 5.74) is 14.4. The molecule has 0 radical (unpaired) electrons. The monoisotopic (exact) mass is 720 g/mol. The number of hydrogen-bond acceptors (Lipinski definition) is 2. The molecule has 0 aliphatic carbocycles. The van der Waals surface area contributed by atoms with Gasteiger partial charge in [0.2, 0.25) is 0 Å². The maximum absolute atomic E-state index is 7.18. The van der Waals surface area contributed by atoms with Gasteiger partial charge in [-0.05, 0) is 136 Å². The molecule has 0 saturated carbocycles. The highest BCUT2D eigenvalue weighted by Crippen LogP contribution is 2.50. The second-order valence-corrected chi connectivity index (χ2v) is 17.7. The van der Waals surface area contributed by atoms with Crippen molar-refractivity contribution in [1.82, 2.24) is 0 Å². The van der Waals surface area contributed by atoms with Crippen LogP contribution < -0.4 is 9.47 Å². The molecule has 1 atom stereocenters. The molecule has 1 unspecified atom stereocenters. The maximum atomic E-state index is 7.18. The minimum Gasteiger partial charge on any atom is -0.340 e. The lowest BCUT2D eigenvalue weighted by Gasteiger charge is -2.28. The predicted octanol–water partition coefficient (Wildman–Crippen LogP) is 12.2. The van der Waals surface area contributed by atoms with E-state index in [0.717, 1.165) is 64.4 Å². The Kier molecular flexibility index (Phi) is 10.1. The average molecular weight is 721 g/mol. The highest BCUT2D eigenvalue weighted by Gasteiger charge is 2.72. The Balaban J connectivity index is 1.18. The molecule has 53 heavy (non-hydrogen) atoms. The second-order valence-electron chi connectivity index (χ2n) is 15.0. The Morgan fingerprint density at radius 2 is 1.02 bits per heavy atom. The topological polar surface area (TPSA) is 24.5 Å². The van der Waals surface area contributed by atoms with Gasteiger partial charge in [0.1, 0.15) is 0 Å². The van der Waals surface area contributed by atoms with Crippen molar-refractivity contribution >= 4 is 31.7 Å². The Morgan fingerprint density at radius 3 is 1.51 bits per heavy atom. The third-order valence-corrected chi connectivity index (χ3v) is 13.9. The summed E-state index contributed by atoms with van der Waals surface area (Å²) in [4.78, 5) is 0. The quantitative estimate of drug-likeness (QED) is 0.0893. The molecule has 0 amide bonds. The van der Waals surface area contributed by atoms with Gasteiger partial charge in [0.15, 0.2) is 23.9 Å². The normalized spacial score (nSPS) is 16.4. The van der Waals surface area contributed by atoms with Crippen LogP contribution in [-0.2, 0) is 12.8 Å². The first kappa shape index (κ1) is 35.5. The summed E-state index contributed by atoms with van der Waals surface area (Å²) < 4.78 is 18.7. The summed E-state index contributed by atoms with van der Waals surface area (Å²) in [5.74, 6) is 1.72. The smallest absolute Gasteiger partial charge is 0.340 e. The number of nitrogens with zero attached hydrogens (tertiary/aromatic N) is 2. The van der Waals surface area contributed by atoms with Crippen LogP contribution in [0, 0.1) is 13.8 Å². The van der Waals surface area contributed by atoms with E-state index in [9.17, 15) is 0 Å². The van der Waals surface area contributed by atoms with E-state index < -0.39 is 6.03 Å². The minimum absolute atomic E-state index is 0.0767. The van der Waals surface area contributed by atoms with E-state index >= 15 is 0 Å². The highest BCUT2D eigenvalue weighted by molar-refractivity contribution is 7.57. The van der Waals surface area contributed by atoms with Gasteiger partial charge >= 0.3 is 6.03 Å². The first-order chi connectivity index (χ1) is 25.9. The standard InChI is InChI=1S/C48H53N2O2P/c1-6-9-25-53(26-10-7-2)27-24-37-19-12-14-21-43(37)39-29-35(5)47-41(31-39)33-50-45-23-16-15-22-44(45)49-32-40-30-38(42-20-13-11-18-36(42)17-8-3)28-34(4)46(40)51-48(49,50)52-47/h11-16,18-23,28-33H,6-10,17,24-27H2,1-5H3/q+2. The fourth-order valence-electron chi connectivity index (χ4n) is 8.43. The number of aryl methyl sites for hydroxylation is 4. The number of hydrogen-bond donors (Lipinski definition) is 0. The number of fused-ring (bicyclic) bond motifs is 5. The zero-order valence-corrected chi connectivity index (χ0v) is 33.0. The zero-order chi connectivity index (χ0) is 36.5. The average Bonchev–Trinajstić information content (AvgIpc) is 3.45. The molecule has 1 spiro atoms. The van der Waals surface area contributed by atoms with Crippen molar-refractivity contribution in [2.45, 2.75) is 85.6 Å². The number of benzene rings is 5. The van der Waals surface area contributed by atoms with E-state index in [1.54, 1.807) is 0 Å². The van der Waals surface area contributed by atoms with E-state index in [-0.39, 0.29) is 7.92 Å². The van der Waals surface area contributed by atoms with Crippen molar-refractivity contribution in [3.05, 3.63) is 130 Å². The lowest BCUT2D eigenvalue weighted by molar-refractivity contribution is -0.831. The van der Waals surface area contributed by atoms with Crippen LogP contribution in [-0.4, -0.2) is 46.1 Å². The molecule has 3 heterocycles. The third-order valence-electron chi connectivity index (χ3n) is 11.2. The molecular weight excluding hydrogens is 668 g/mol. The molecule has 0 bridgehead atoms. The first-order valence-corrected chi connectivity index (χ1v) is 21.8. The summed E-state index contributed by atoms with van der Waals surface area (Å²) in [5, 5.41) is 0. The SMILES string of the molecule is CCCCP(CCCC)CCc1ccccc1-c1cc(C)c2c(c1)C=[N+]1c3ccccc3[N+]3=Cc4cc(-c5ccccc5CCC)cc(C)c4OC31O2. The molecule has 5 aromatic carbocycles. The second kappa shape index (κ2) is 15.1. The molecule has 0 N–H and O–H groups in total. The van der Waals surface area contributed by atoms with Crippen molar-refractivity contribution in [3.63, 3.8) is 0 Å². The largest absolute Gasteiger partial charge is 0.715 e. The van der Waals surface area contributed by atoms with Crippen molar-refractivity contribution in [2.24, 2.45) is 0 Å². The van der Waals surface area contributed by atoms with Crippen molar-refractivity contribution in [3.8, 4) is 33.8 Å². The Labute approximate surface area is 317 Å². The lowest BCUT2D eigenvalue weighted by atomic mass is 9.93. The van der Waals surface area contributed by atoms with Crippen LogP contribution in [0.4, 0.5) is 11.4 Å². The van der Waals surface area contributed by atoms with Gasteiger partial charge in [-0.15, -0.1) is 7.92 Å². The molecule has 3 aliphatic rings. The molecule has 5 aromatic rings. The number of unbranched alkanes of at least 4 members (excludes halogenated alkanes) is 2. The molecule has 270 valence electrons. The predicted molar refractivity (Wildman–Crippen MR) is 223 cm³/mol. The minimum atomic E-state index is -1.20. The van der Waals surface area contributed by atoms with Crippen LogP contribution in [0.15, 0.2) is 97.1 Å². The zero-order valence-electron chi connectivity index (χ0n) is 32.1. The summed E-state index contributed by atoms with van der Waals surface area (Å²) in [6.07, 6.45) is 17.2. The fraction of sp³-hybridized carbons (Fsp3) is 0.333. The lowest BCUT2D eigenvalue weighted by Crippen LogP contribution is -2.59. The highest BCUT2D eigenvalue weighted by atomic mass is 31.1. The molecule has 3 aliphatic heterocycles. The van der Waals surface area contributed by atoms with Gasteiger partial charge < -0.3 is 9.47 Å². The summed E-state index contributed by atoms with van der Waals surface area (Å²) in [6, 6.07) is 34.4. The van der Waals surface area contributed by atoms with Crippen molar-refractivity contribution in [1.29, 1.82) is 0 Å². The maximum Gasteiger partial charge on any atom is 0.715 e. The summed E-state index contributed by atoms with van der Waals surface area (Å²) in [7, 11) is 0.0767. The molecule has 0 aromatic heterocycles. The molecule has 5 heteroatoms. The van der Waals surface area contributed by atoms with E-state index in [1.807, 2.05) is 0 Å². The van der Waals surface area contributed by atoms with Gasteiger partial charge in [-0.1, -0.05) is 101 Å². The molecule has 8 rings (SSSR count). The van der Waals surface area contributed by atoms with Crippen molar-refractivity contribution < 1.29 is 18.6 Å². The van der Waals surface area contributed by atoms with Crippen LogP contribution in [0.3, 0.4) is 0 Å². The van der Waals surface area contributed by atoms with Crippen LogP contribution in [0.25, 0.3) is 22.3 Å². The number of rotatable bonds is 13. The van der Waals surface area contributed by atoms with E-state index in [4.69, 9.17) is 9.47 Å². The van der Waals surface area contributed by atoms with Crippen LogP contribution in [0.1, 0.15) is 86.3 Å². The van der Waals surface area contributed by atoms with Crippen LogP contribution in [0.5, 0.6) is 11.5 Å². The number of para-hydroxylation sites is 2. The van der Waals surface area contributed by atoms with Gasteiger partial charge in [-0.25, -0.2) is 0 Å². The fourth-order valence-corrected chi connectivity index (χ4v) is 11.2. The van der Waals surface area contributed by atoms with E-state index in [1.165, 1.54) is 77.5 Å². The number of ether oxygens (including phenoxy) is 2. The molecular formula is C48H53N2O2P+2. The van der Waals surface area contributed by atoms with Gasteiger partial charge in [0.25, 0.3) is 11.4 Å². The van der Waals surface area contributed by atoms with E-state index in [0.29, 0.717) is 0 Å². The Hall–Kier alpha value is -4.53. The third kappa shape index (κ3) is 6.54. The van der Waals surface area contributed by atoms with Crippen LogP contribution in [0.2, 0.25) is 0 Å². The van der Waals surface area contributed by atoms with E-state index in [2.05, 4.69) is 153 Å². The summed E-state index contributed by atoms with van der Waals surface area (Å²) >= 11 is 0. The Bertz CT molecular complexity index is 2230. The van der Waals surface area contributed by atoms with Crippen LogP contribution >= 0.6 is 7.92 Å². The molecule has 0 fully saturated rings. The Morgan fingerprint density at radius 1 is 0.547 bits per heavy atom.